The Hall–Kier alpha value is -3.25. The molecule has 1 aliphatic heterocycles. The normalized spacial score (nSPS) is 14.8. The molecule has 4 rings (SSSR count). The second-order valence-corrected chi connectivity index (χ2v) is 7.73. The predicted octanol–water partition coefficient (Wildman–Crippen LogP) is 4.12. The molecular formula is C24H27N5O. The third-order valence-electron chi connectivity index (χ3n) is 5.33. The molecule has 0 spiro atoms. The van der Waals surface area contributed by atoms with Crippen molar-refractivity contribution in [3.63, 3.8) is 0 Å². The Morgan fingerprint density at radius 2 is 2.03 bits per heavy atom. The van der Waals surface area contributed by atoms with Gasteiger partial charge >= 0.3 is 0 Å². The highest BCUT2D eigenvalue weighted by Gasteiger charge is 2.11. The van der Waals surface area contributed by atoms with Crippen molar-refractivity contribution in [1.29, 1.82) is 0 Å². The number of rotatable bonds is 6. The summed E-state index contributed by atoms with van der Waals surface area (Å²) in [5, 5.41) is 7.20. The zero-order valence-electron chi connectivity index (χ0n) is 17.3. The Labute approximate surface area is 177 Å². The van der Waals surface area contributed by atoms with Gasteiger partial charge in [0.1, 0.15) is 0 Å². The Kier molecular flexibility index (Phi) is 6.35. The molecule has 1 aliphatic rings. The molecule has 6 nitrogen and oxygen atoms in total. The summed E-state index contributed by atoms with van der Waals surface area (Å²) in [5.41, 5.74) is 4.90. The van der Waals surface area contributed by atoms with E-state index >= 15 is 0 Å². The van der Waals surface area contributed by atoms with Crippen LogP contribution in [0.15, 0.2) is 61.2 Å². The summed E-state index contributed by atoms with van der Waals surface area (Å²) in [4.78, 5) is 19.2. The first-order valence-electron chi connectivity index (χ1n) is 10.4. The Morgan fingerprint density at radius 3 is 2.83 bits per heavy atom. The first-order valence-corrected chi connectivity index (χ1v) is 10.4. The first-order chi connectivity index (χ1) is 14.7. The average molecular weight is 402 g/mol. The molecule has 6 heteroatoms. The van der Waals surface area contributed by atoms with Gasteiger partial charge in [-0.05, 0) is 61.3 Å². The van der Waals surface area contributed by atoms with E-state index in [1.165, 1.54) is 24.8 Å². The average Bonchev–Trinajstić information content (AvgIpc) is 3.19. The molecule has 1 N–H and O–H groups in total. The van der Waals surface area contributed by atoms with Crippen LogP contribution in [0.4, 0.5) is 5.69 Å². The topological polar surface area (TPSA) is 63.1 Å². The number of aryl methyl sites for hydroxylation is 1. The lowest BCUT2D eigenvalue weighted by Gasteiger charge is -2.26. The monoisotopic (exact) mass is 401 g/mol. The van der Waals surface area contributed by atoms with Gasteiger partial charge in [-0.15, -0.1) is 0 Å². The van der Waals surface area contributed by atoms with E-state index in [0.717, 1.165) is 42.0 Å². The molecule has 0 saturated carbocycles. The van der Waals surface area contributed by atoms with Crippen molar-refractivity contribution in [3.8, 4) is 11.1 Å². The molecule has 0 radical (unpaired) electrons. The maximum absolute atomic E-state index is 12.5. The largest absolute Gasteiger partial charge is 0.323 e. The van der Waals surface area contributed by atoms with Crippen molar-refractivity contribution in [2.45, 2.75) is 25.8 Å². The molecule has 3 heterocycles. The summed E-state index contributed by atoms with van der Waals surface area (Å²) in [5.74, 6) is -0.161. The quantitative estimate of drug-likeness (QED) is 0.631. The van der Waals surface area contributed by atoms with E-state index in [2.05, 4.69) is 32.4 Å². The third kappa shape index (κ3) is 5.21. The fourth-order valence-corrected chi connectivity index (χ4v) is 3.84. The van der Waals surface area contributed by atoms with Gasteiger partial charge < -0.3 is 5.32 Å². The minimum Gasteiger partial charge on any atom is -0.323 e. The number of hydrogen-bond acceptors (Lipinski definition) is 4. The van der Waals surface area contributed by atoms with E-state index in [0.29, 0.717) is 0 Å². The van der Waals surface area contributed by atoms with Gasteiger partial charge in [0.05, 0.1) is 6.20 Å². The van der Waals surface area contributed by atoms with Crippen LogP contribution in [0, 0.1) is 0 Å². The molecule has 154 valence electrons. The Balaban J connectivity index is 1.42. The van der Waals surface area contributed by atoms with Gasteiger partial charge in [-0.2, -0.15) is 5.10 Å². The van der Waals surface area contributed by atoms with Crippen molar-refractivity contribution >= 4 is 17.7 Å². The number of piperidine rings is 1. The summed E-state index contributed by atoms with van der Waals surface area (Å²) < 4.78 is 1.76. The molecule has 30 heavy (non-hydrogen) atoms. The Morgan fingerprint density at radius 1 is 1.17 bits per heavy atom. The maximum Gasteiger partial charge on any atom is 0.248 e. The maximum atomic E-state index is 12.5. The third-order valence-corrected chi connectivity index (χ3v) is 5.33. The standard InChI is InChI=1S/C24H27N5O/c1-28-18-21(16-26-28)23-10-11-25-15-20(23)8-9-24(30)27-22-7-5-6-19(14-22)17-29-12-3-2-4-13-29/h5-11,14-16,18H,2-4,12-13,17H2,1H3,(H,27,30). The molecule has 0 bridgehead atoms. The van der Waals surface area contributed by atoms with Crippen LogP contribution in [0.3, 0.4) is 0 Å². The number of amides is 1. The van der Waals surface area contributed by atoms with Gasteiger partial charge in [0.25, 0.3) is 0 Å². The molecule has 1 aromatic carbocycles. The fraction of sp³-hybridized carbons (Fsp3) is 0.292. The molecule has 1 saturated heterocycles. The van der Waals surface area contributed by atoms with Gasteiger partial charge in [-0.1, -0.05) is 18.6 Å². The fourth-order valence-electron chi connectivity index (χ4n) is 3.84. The smallest absolute Gasteiger partial charge is 0.248 e. The van der Waals surface area contributed by atoms with Gasteiger partial charge in [0, 0.05) is 55.1 Å². The number of carbonyl (C=O) groups excluding carboxylic acids is 1. The number of hydrogen-bond donors (Lipinski definition) is 1. The number of nitrogens with zero attached hydrogens (tertiary/aromatic N) is 4. The van der Waals surface area contributed by atoms with Crippen LogP contribution in [0.25, 0.3) is 17.2 Å². The molecular weight excluding hydrogens is 374 g/mol. The van der Waals surface area contributed by atoms with E-state index < -0.39 is 0 Å². The summed E-state index contributed by atoms with van der Waals surface area (Å²) in [6.07, 6.45) is 14.5. The molecule has 1 fully saturated rings. The lowest BCUT2D eigenvalue weighted by atomic mass is 10.0. The zero-order valence-corrected chi connectivity index (χ0v) is 17.3. The number of pyridine rings is 1. The Bertz CT molecular complexity index is 1030. The van der Waals surface area contributed by atoms with Crippen molar-refractivity contribution in [1.82, 2.24) is 19.7 Å². The van der Waals surface area contributed by atoms with Gasteiger partial charge in [-0.25, -0.2) is 0 Å². The highest BCUT2D eigenvalue weighted by atomic mass is 16.1. The lowest BCUT2D eigenvalue weighted by molar-refractivity contribution is -0.111. The van der Waals surface area contributed by atoms with Crippen molar-refractivity contribution in [2.24, 2.45) is 7.05 Å². The van der Waals surface area contributed by atoms with E-state index in [1.807, 2.05) is 31.4 Å². The molecule has 0 atom stereocenters. The molecule has 1 amide bonds. The summed E-state index contributed by atoms with van der Waals surface area (Å²) in [7, 11) is 1.88. The van der Waals surface area contributed by atoms with E-state index in [4.69, 9.17) is 0 Å². The van der Waals surface area contributed by atoms with Crippen LogP contribution in [-0.4, -0.2) is 38.7 Å². The van der Waals surface area contributed by atoms with Crippen molar-refractivity contribution in [3.05, 3.63) is 72.3 Å². The van der Waals surface area contributed by atoms with Crippen LogP contribution in [0.5, 0.6) is 0 Å². The van der Waals surface area contributed by atoms with Gasteiger partial charge in [0.15, 0.2) is 0 Å². The minimum atomic E-state index is -0.161. The summed E-state index contributed by atoms with van der Waals surface area (Å²) in [6, 6.07) is 10.0. The number of carbonyl (C=O) groups is 1. The second-order valence-electron chi connectivity index (χ2n) is 7.73. The van der Waals surface area contributed by atoms with Crippen LogP contribution in [0.2, 0.25) is 0 Å². The van der Waals surface area contributed by atoms with Gasteiger partial charge in [-0.3, -0.25) is 19.4 Å². The zero-order chi connectivity index (χ0) is 20.8. The predicted molar refractivity (Wildman–Crippen MR) is 120 cm³/mol. The number of aromatic nitrogens is 3. The second kappa shape index (κ2) is 9.50. The van der Waals surface area contributed by atoms with Crippen LogP contribution in [-0.2, 0) is 18.4 Å². The highest BCUT2D eigenvalue weighted by Crippen LogP contribution is 2.23. The lowest BCUT2D eigenvalue weighted by Crippen LogP contribution is -2.29. The van der Waals surface area contributed by atoms with E-state index in [1.54, 1.807) is 35.4 Å². The highest BCUT2D eigenvalue weighted by molar-refractivity contribution is 6.02. The van der Waals surface area contributed by atoms with E-state index in [9.17, 15) is 4.79 Å². The molecule has 2 aromatic heterocycles. The number of benzene rings is 1. The molecule has 0 aliphatic carbocycles. The van der Waals surface area contributed by atoms with Crippen molar-refractivity contribution < 1.29 is 4.79 Å². The van der Waals surface area contributed by atoms with Crippen LogP contribution in [0.1, 0.15) is 30.4 Å². The number of anilines is 1. The molecule has 0 unspecified atom stereocenters. The SMILES string of the molecule is Cn1cc(-c2ccncc2C=CC(=O)Nc2cccc(CN3CCCCC3)c2)cn1. The molecule has 3 aromatic rings. The summed E-state index contributed by atoms with van der Waals surface area (Å²) >= 11 is 0. The minimum absolute atomic E-state index is 0.161. The van der Waals surface area contributed by atoms with E-state index in [-0.39, 0.29) is 5.91 Å². The van der Waals surface area contributed by atoms with Gasteiger partial charge in [0.2, 0.25) is 5.91 Å². The summed E-state index contributed by atoms with van der Waals surface area (Å²) in [6.45, 7) is 3.25. The number of likely N-dealkylation sites (tertiary alicyclic amines) is 1. The number of nitrogens with one attached hydrogen (secondary N) is 1. The first kappa shape index (κ1) is 20.0. The van der Waals surface area contributed by atoms with Crippen molar-refractivity contribution in [2.75, 3.05) is 18.4 Å². The van der Waals surface area contributed by atoms with Crippen LogP contribution < -0.4 is 5.32 Å². The van der Waals surface area contributed by atoms with Crippen LogP contribution >= 0.6 is 0 Å².